The van der Waals surface area contributed by atoms with Crippen LogP contribution in [-0.2, 0) is 14.4 Å². The number of hydrogen-bond acceptors (Lipinski definition) is 4. The van der Waals surface area contributed by atoms with E-state index >= 15 is 0 Å². The van der Waals surface area contributed by atoms with E-state index in [-0.39, 0.29) is 11.9 Å². The van der Waals surface area contributed by atoms with Crippen LogP contribution in [0.1, 0.15) is 26.2 Å². The highest BCUT2D eigenvalue weighted by Gasteiger charge is 2.27. The summed E-state index contributed by atoms with van der Waals surface area (Å²) in [4.78, 5) is 44.6. The quantitative estimate of drug-likeness (QED) is 0.377. The Morgan fingerprint density at radius 1 is 1.25 bits per heavy atom. The van der Waals surface area contributed by atoms with Crippen LogP contribution in [0, 0.1) is 0 Å². The number of carbonyl (C=O) groups excluding carboxylic acids is 3. The number of carboxylic acid groups (broad SMARTS) is 1. The molecular weight excluding hydrogens is 268 g/mol. The van der Waals surface area contributed by atoms with Gasteiger partial charge in [-0.25, -0.2) is 9.59 Å². The predicted octanol–water partition coefficient (Wildman–Crippen LogP) is -1.72. The third-order valence-electron chi connectivity index (χ3n) is 2.67. The number of hydrogen-bond donors (Lipinski definition) is 5. The normalized spacial score (nSPS) is 16.6. The van der Waals surface area contributed by atoms with Crippen molar-refractivity contribution in [3.05, 3.63) is 0 Å². The van der Waals surface area contributed by atoms with Crippen LogP contribution in [0.5, 0.6) is 0 Å². The standard InChI is InChI=1S/C11H18N4O5/c1-5(9(17)14-6-2-3-6)13-11(20)15-7(10(18)19)4-8(12)16/h5-7H,2-4H2,1H3,(H2,12,16)(H,14,17)(H,18,19)(H2,13,15,20). The summed E-state index contributed by atoms with van der Waals surface area (Å²) in [6, 6.07) is -2.92. The first kappa shape index (κ1) is 15.7. The van der Waals surface area contributed by atoms with Crippen molar-refractivity contribution in [3.8, 4) is 0 Å². The Bertz CT molecular complexity index is 421. The van der Waals surface area contributed by atoms with E-state index < -0.39 is 36.4 Å². The molecule has 20 heavy (non-hydrogen) atoms. The Balaban J connectivity index is 2.41. The van der Waals surface area contributed by atoms with Crippen molar-refractivity contribution in [2.24, 2.45) is 5.73 Å². The summed E-state index contributed by atoms with van der Waals surface area (Å²) in [7, 11) is 0. The van der Waals surface area contributed by atoms with E-state index in [1.807, 2.05) is 0 Å². The molecule has 0 bridgehead atoms. The molecule has 1 saturated carbocycles. The summed E-state index contributed by atoms with van der Waals surface area (Å²) in [6.45, 7) is 1.47. The summed E-state index contributed by atoms with van der Waals surface area (Å²) in [5, 5.41) is 15.9. The molecule has 112 valence electrons. The van der Waals surface area contributed by atoms with Crippen molar-refractivity contribution >= 4 is 23.8 Å². The molecular formula is C11H18N4O5. The molecule has 0 aromatic carbocycles. The Morgan fingerprint density at radius 3 is 2.30 bits per heavy atom. The molecule has 1 rings (SSSR count). The van der Waals surface area contributed by atoms with Crippen LogP contribution in [0.2, 0.25) is 0 Å². The Kier molecular flexibility index (Phi) is 5.30. The topological polar surface area (TPSA) is 151 Å². The molecule has 6 N–H and O–H groups in total. The number of carbonyl (C=O) groups is 4. The summed E-state index contributed by atoms with van der Waals surface area (Å²) < 4.78 is 0. The van der Waals surface area contributed by atoms with E-state index in [9.17, 15) is 19.2 Å². The number of urea groups is 1. The molecule has 0 radical (unpaired) electrons. The van der Waals surface area contributed by atoms with Gasteiger partial charge in [-0.3, -0.25) is 9.59 Å². The van der Waals surface area contributed by atoms with E-state index in [2.05, 4.69) is 16.0 Å². The van der Waals surface area contributed by atoms with Gasteiger partial charge in [0.1, 0.15) is 12.1 Å². The number of nitrogens with two attached hydrogens (primary N) is 1. The zero-order valence-corrected chi connectivity index (χ0v) is 11.0. The molecule has 2 atom stereocenters. The number of carboxylic acids is 1. The number of rotatable bonds is 7. The molecule has 0 saturated heterocycles. The molecule has 1 fully saturated rings. The van der Waals surface area contributed by atoms with Crippen molar-refractivity contribution < 1.29 is 24.3 Å². The second-order valence-electron chi connectivity index (χ2n) is 4.68. The molecule has 4 amide bonds. The number of primary amides is 1. The molecule has 0 aromatic rings. The first-order valence-corrected chi connectivity index (χ1v) is 6.18. The fourth-order valence-corrected chi connectivity index (χ4v) is 1.42. The van der Waals surface area contributed by atoms with Gasteiger partial charge in [-0.2, -0.15) is 0 Å². The maximum Gasteiger partial charge on any atom is 0.326 e. The Morgan fingerprint density at radius 2 is 1.85 bits per heavy atom. The largest absolute Gasteiger partial charge is 0.480 e. The summed E-state index contributed by atoms with van der Waals surface area (Å²) in [5.74, 6) is -2.57. The lowest BCUT2D eigenvalue weighted by Gasteiger charge is -2.17. The van der Waals surface area contributed by atoms with Gasteiger partial charge in [-0.15, -0.1) is 0 Å². The van der Waals surface area contributed by atoms with Gasteiger partial charge in [0.05, 0.1) is 6.42 Å². The lowest BCUT2D eigenvalue weighted by Crippen LogP contribution is -2.53. The monoisotopic (exact) mass is 286 g/mol. The molecule has 1 aliphatic carbocycles. The van der Waals surface area contributed by atoms with Crippen molar-refractivity contribution in [3.63, 3.8) is 0 Å². The van der Waals surface area contributed by atoms with Gasteiger partial charge in [0.25, 0.3) is 0 Å². The molecule has 9 nitrogen and oxygen atoms in total. The van der Waals surface area contributed by atoms with E-state index in [0.717, 1.165) is 12.8 Å². The minimum Gasteiger partial charge on any atom is -0.480 e. The second kappa shape index (κ2) is 6.73. The van der Waals surface area contributed by atoms with Gasteiger partial charge in [-0.05, 0) is 19.8 Å². The van der Waals surface area contributed by atoms with Crippen LogP contribution in [0.15, 0.2) is 0 Å². The summed E-state index contributed by atoms with van der Waals surface area (Å²) in [5.41, 5.74) is 4.88. The molecule has 2 unspecified atom stereocenters. The average molecular weight is 286 g/mol. The first-order chi connectivity index (χ1) is 9.29. The Labute approximate surface area is 115 Å². The molecule has 0 spiro atoms. The predicted molar refractivity (Wildman–Crippen MR) is 67.5 cm³/mol. The fourth-order valence-electron chi connectivity index (χ4n) is 1.42. The molecule has 0 aromatic heterocycles. The van der Waals surface area contributed by atoms with E-state index in [4.69, 9.17) is 10.8 Å². The zero-order chi connectivity index (χ0) is 15.3. The third kappa shape index (κ3) is 5.55. The third-order valence-corrected chi connectivity index (χ3v) is 2.67. The Hall–Kier alpha value is -2.32. The molecule has 0 heterocycles. The van der Waals surface area contributed by atoms with Crippen molar-refractivity contribution in [2.45, 2.75) is 44.3 Å². The summed E-state index contributed by atoms with van der Waals surface area (Å²) >= 11 is 0. The maximum atomic E-state index is 11.6. The lowest BCUT2D eigenvalue weighted by molar-refractivity contribution is -0.140. The van der Waals surface area contributed by atoms with Crippen LogP contribution >= 0.6 is 0 Å². The van der Waals surface area contributed by atoms with Crippen LogP contribution in [-0.4, -0.2) is 47.0 Å². The van der Waals surface area contributed by atoms with Gasteiger partial charge in [0.15, 0.2) is 0 Å². The highest BCUT2D eigenvalue weighted by Crippen LogP contribution is 2.18. The van der Waals surface area contributed by atoms with Crippen LogP contribution in [0.25, 0.3) is 0 Å². The number of amides is 4. The maximum absolute atomic E-state index is 11.6. The van der Waals surface area contributed by atoms with Crippen molar-refractivity contribution in [1.82, 2.24) is 16.0 Å². The van der Waals surface area contributed by atoms with E-state index in [1.165, 1.54) is 6.92 Å². The van der Waals surface area contributed by atoms with Gasteiger partial charge in [-0.1, -0.05) is 0 Å². The van der Waals surface area contributed by atoms with Crippen molar-refractivity contribution in [1.29, 1.82) is 0 Å². The minimum atomic E-state index is -1.42. The van der Waals surface area contributed by atoms with Gasteiger partial charge >= 0.3 is 12.0 Å². The van der Waals surface area contributed by atoms with Crippen LogP contribution in [0.4, 0.5) is 4.79 Å². The molecule has 1 aliphatic rings. The molecule has 9 heteroatoms. The highest BCUT2D eigenvalue weighted by molar-refractivity contribution is 5.90. The second-order valence-corrected chi connectivity index (χ2v) is 4.68. The van der Waals surface area contributed by atoms with Crippen molar-refractivity contribution in [2.75, 3.05) is 0 Å². The number of aliphatic carboxylic acids is 1. The van der Waals surface area contributed by atoms with Gasteiger partial charge in [0, 0.05) is 6.04 Å². The highest BCUT2D eigenvalue weighted by atomic mass is 16.4. The summed E-state index contributed by atoms with van der Waals surface area (Å²) in [6.07, 6.45) is 1.32. The lowest BCUT2D eigenvalue weighted by atomic mass is 10.2. The smallest absolute Gasteiger partial charge is 0.326 e. The van der Waals surface area contributed by atoms with E-state index in [0.29, 0.717) is 0 Å². The van der Waals surface area contributed by atoms with Crippen LogP contribution < -0.4 is 21.7 Å². The van der Waals surface area contributed by atoms with Gasteiger partial charge in [0.2, 0.25) is 11.8 Å². The first-order valence-electron chi connectivity index (χ1n) is 6.18. The zero-order valence-electron chi connectivity index (χ0n) is 11.0. The minimum absolute atomic E-state index is 0.163. The van der Waals surface area contributed by atoms with Crippen LogP contribution in [0.3, 0.4) is 0 Å². The van der Waals surface area contributed by atoms with Gasteiger partial charge < -0.3 is 26.8 Å². The molecule has 0 aliphatic heterocycles. The van der Waals surface area contributed by atoms with E-state index in [1.54, 1.807) is 0 Å². The number of nitrogens with one attached hydrogen (secondary N) is 3. The SMILES string of the molecule is CC(NC(=O)NC(CC(N)=O)C(=O)O)C(=O)NC1CC1. The fraction of sp³-hybridized carbons (Fsp3) is 0.636. The average Bonchev–Trinajstić information content (AvgIpc) is 3.10.